The lowest BCUT2D eigenvalue weighted by atomic mass is 10.0. The molecule has 5 heteroatoms. The average molecular weight is 412 g/mol. The summed E-state index contributed by atoms with van der Waals surface area (Å²) in [7, 11) is 0. The van der Waals surface area contributed by atoms with Gasteiger partial charge < -0.3 is 4.74 Å². The molecule has 0 saturated carbocycles. The maximum atomic E-state index is 13.5. The smallest absolute Gasteiger partial charge is 0.342 e. The van der Waals surface area contributed by atoms with Gasteiger partial charge in [0.2, 0.25) is 0 Å². The maximum absolute atomic E-state index is 13.5. The molecule has 0 amide bonds. The molecule has 0 bridgehead atoms. The normalized spacial score (nSPS) is 11.0. The molecule has 1 heterocycles. The minimum absolute atomic E-state index is 0.236. The zero-order chi connectivity index (χ0) is 21.6. The van der Waals surface area contributed by atoms with Crippen molar-refractivity contribution in [2.24, 2.45) is 0 Å². The number of carbonyl (C=O) groups is 1. The zero-order valence-electron chi connectivity index (χ0n) is 17.0. The summed E-state index contributed by atoms with van der Waals surface area (Å²) in [6, 6.07) is 25.3. The van der Waals surface area contributed by atoms with E-state index in [9.17, 15) is 9.18 Å². The minimum atomic E-state index is -0.475. The van der Waals surface area contributed by atoms with E-state index in [1.165, 1.54) is 12.1 Å². The van der Waals surface area contributed by atoms with Crippen molar-refractivity contribution in [2.45, 2.75) is 6.92 Å². The first-order valence-electron chi connectivity index (χ1n) is 10.0. The number of aromatic nitrogens is 2. The second-order valence-electron chi connectivity index (χ2n) is 6.83. The van der Waals surface area contributed by atoms with E-state index in [4.69, 9.17) is 9.84 Å². The van der Waals surface area contributed by atoms with Crippen LogP contribution in [0, 0.1) is 5.82 Å². The lowest BCUT2D eigenvalue weighted by molar-refractivity contribution is 0.0527. The summed E-state index contributed by atoms with van der Waals surface area (Å²) in [4.78, 5) is 13.0. The van der Waals surface area contributed by atoms with Gasteiger partial charge in [0.05, 0.1) is 18.0 Å². The van der Waals surface area contributed by atoms with Gasteiger partial charge in [0.25, 0.3) is 0 Å². The molecule has 4 nitrogen and oxygen atoms in total. The predicted molar refractivity (Wildman–Crippen MR) is 120 cm³/mol. The third-order valence-electron chi connectivity index (χ3n) is 4.75. The molecule has 154 valence electrons. The van der Waals surface area contributed by atoms with Gasteiger partial charge in [0.1, 0.15) is 17.1 Å². The van der Waals surface area contributed by atoms with Crippen LogP contribution in [0.3, 0.4) is 0 Å². The van der Waals surface area contributed by atoms with Crippen molar-refractivity contribution < 1.29 is 13.9 Å². The van der Waals surface area contributed by atoms with E-state index in [0.29, 0.717) is 22.5 Å². The van der Waals surface area contributed by atoms with E-state index < -0.39 is 5.97 Å². The van der Waals surface area contributed by atoms with Gasteiger partial charge in [-0.3, -0.25) is 0 Å². The number of nitrogens with zero attached hydrogens (tertiary/aromatic N) is 2. The van der Waals surface area contributed by atoms with Gasteiger partial charge in [-0.15, -0.1) is 0 Å². The molecule has 31 heavy (non-hydrogen) atoms. The van der Waals surface area contributed by atoms with Crippen LogP contribution in [-0.4, -0.2) is 22.4 Å². The van der Waals surface area contributed by atoms with Gasteiger partial charge in [0.15, 0.2) is 0 Å². The molecule has 0 saturated heterocycles. The third kappa shape index (κ3) is 4.46. The zero-order valence-corrected chi connectivity index (χ0v) is 17.0. The van der Waals surface area contributed by atoms with Gasteiger partial charge in [-0.2, -0.15) is 5.10 Å². The second-order valence-corrected chi connectivity index (χ2v) is 6.83. The number of halogens is 1. The second kappa shape index (κ2) is 9.22. The number of hydrogen-bond acceptors (Lipinski definition) is 3. The van der Waals surface area contributed by atoms with Crippen LogP contribution in [0.15, 0.2) is 84.9 Å². The minimum Gasteiger partial charge on any atom is -0.462 e. The molecule has 4 rings (SSSR count). The lowest BCUT2D eigenvalue weighted by Crippen LogP contribution is -2.08. The van der Waals surface area contributed by atoms with E-state index in [1.807, 2.05) is 72.8 Å². The maximum Gasteiger partial charge on any atom is 0.342 e. The van der Waals surface area contributed by atoms with Crippen molar-refractivity contribution in [3.63, 3.8) is 0 Å². The largest absolute Gasteiger partial charge is 0.462 e. The Bertz CT molecular complexity index is 1200. The molecule has 3 aromatic carbocycles. The van der Waals surface area contributed by atoms with Crippen molar-refractivity contribution in [3.8, 4) is 16.9 Å². The Kier molecular flexibility index (Phi) is 6.03. The van der Waals surface area contributed by atoms with Crippen molar-refractivity contribution in [2.75, 3.05) is 6.61 Å². The number of carbonyl (C=O) groups excluding carboxylic acids is 1. The van der Waals surface area contributed by atoms with Crippen LogP contribution in [0.4, 0.5) is 4.39 Å². The first-order chi connectivity index (χ1) is 15.2. The van der Waals surface area contributed by atoms with Gasteiger partial charge in [-0.05, 0) is 55.0 Å². The van der Waals surface area contributed by atoms with E-state index in [1.54, 1.807) is 23.7 Å². The Morgan fingerprint density at radius 3 is 2.23 bits per heavy atom. The number of ether oxygens (including phenoxy) is 1. The highest BCUT2D eigenvalue weighted by Gasteiger charge is 2.25. The fourth-order valence-electron chi connectivity index (χ4n) is 3.30. The number of esters is 1. The molecule has 0 fully saturated rings. The SMILES string of the molecule is CCOC(=O)c1c(-c2ccc(F)cc2)nn(-c2ccccc2)c1/C=C/c1ccccc1. The fraction of sp³-hybridized carbons (Fsp3) is 0.0769. The van der Waals surface area contributed by atoms with Crippen molar-refractivity contribution in [1.82, 2.24) is 9.78 Å². The molecule has 0 aliphatic heterocycles. The van der Waals surface area contributed by atoms with Gasteiger partial charge in [0, 0.05) is 5.56 Å². The van der Waals surface area contributed by atoms with Crippen molar-refractivity contribution in [1.29, 1.82) is 0 Å². The van der Waals surface area contributed by atoms with E-state index in [-0.39, 0.29) is 12.4 Å². The summed E-state index contributed by atoms with van der Waals surface area (Å²) in [6.45, 7) is 2.00. The van der Waals surface area contributed by atoms with Crippen LogP contribution in [0.5, 0.6) is 0 Å². The molecular weight excluding hydrogens is 391 g/mol. The van der Waals surface area contributed by atoms with Crippen molar-refractivity contribution >= 4 is 18.1 Å². The number of para-hydroxylation sites is 1. The van der Waals surface area contributed by atoms with Gasteiger partial charge >= 0.3 is 5.97 Å². The van der Waals surface area contributed by atoms with Crippen molar-refractivity contribution in [3.05, 3.63) is 108 Å². The van der Waals surface area contributed by atoms with E-state index in [0.717, 1.165) is 11.3 Å². The monoisotopic (exact) mass is 412 g/mol. The fourth-order valence-corrected chi connectivity index (χ4v) is 3.30. The summed E-state index contributed by atoms with van der Waals surface area (Å²) in [5.74, 6) is -0.829. The number of rotatable bonds is 6. The van der Waals surface area contributed by atoms with Crippen LogP contribution in [0.1, 0.15) is 28.5 Å². The molecule has 0 aliphatic carbocycles. The predicted octanol–water partition coefficient (Wildman–Crippen LogP) is 6.03. The highest BCUT2D eigenvalue weighted by atomic mass is 19.1. The van der Waals surface area contributed by atoms with Crippen LogP contribution in [0.2, 0.25) is 0 Å². The highest BCUT2D eigenvalue weighted by molar-refractivity contribution is 6.00. The first-order valence-corrected chi connectivity index (χ1v) is 10.0. The summed E-state index contributed by atoms with van der Waals surface area (Å²) in [6.07, 6.45) is 3.78. The molecule has 0 unspecified atom stereocenters. The van der Waals surface area contributed by atoms with E-state index >= 15 is 0 Å². The quantitative estimate of drug-likeness (QED) is 0.364. The molecule has 0 N–H and O–H groups in total. The standard InChI is InChI=1S/C26H21FN2O2/c1-2-31-26(30)24-23(18-13-19-9-5-3-6-10-19)29(22-11-7-4-8-12-22)28-25(24)20-14-16-21(27)17-15-20/h3-18H,2H2,1H3/b18-13+. The van der Waals surface area contributed by atoms with Crippen LogP contribution in [-0.2, 0) is 4.74 Å². The van der Waals surface area contributed by atoms with Gasteiger partial charge in [-0.1, -0.05) is 54.6 Å². The summed E-state index contributed by atoms with van der Waals surface area (Å²) in [5.41, 5.74) is 3.79. The average Bonchev–Trinajstić information content (AvgIpc) is 3.19. The van der Waals surface area contributed by atoms with Crippen LogP contribution >= 0.6 is 0 Å². The van der Waals surface area contributed by atoms with Crippen LogP contribution < -0.4 is 0 Å². The molecule has 0 spiro atoms. The Hall–Kier alpha value is -3.99. The topological polar surface area (TPSA) is 44.1 Å². The Labute approximate surface area is 180 Å². The summed E-state index contributed by atoms with van der Waals surface area (Å²) in [5, 5.41) is 4.74. The Morgan fingerprint density at radius 1 is 0.935 bits per heavy atom. The molecule has 0 aliphatic rings. The highest BCUT2D eigenvalue weighted by Crippen LogP contribution is 2.30. The first kappa shape index (κ1) is 20.3. The van der Waals surface area contributed by atoms with Gasteiger partial charge in [-0.25, -0.2) is 13.9 Å². The lowest BCUT2D eigenvalue weighted by Gasteiger charge is -2.06. The summed E-state index contributed by atoms with van der Waals surface area (Å²) >= 11 is 0. The van der Waals surface area contributed by atoms with E-state index in [2.05, 4.69) is 0 Å². The number of hydrogen-bond donors (Lipinski definition) is 0. The number of benzene rings is 3. The molecule has 0 atom stereocenters. The Morgan fingerprint density at radius 2 is 1.58 bits per heavy atom. The third-order valence-corrected chi connectivity index (χ3v) is 4.75. The molecule has 4 aromatic rings. The molecule has 1 aromatic heterocycles. The van der Waals surface area contributed by atoms with Crippen LogP contribution in [0.25, 0.3) is 29.1 Å². The molecular formula is C26H21FN2O2. The summed E-state index contributed by atoms with van der Waals surface area (Å²) < 4.78 is 20.6. The molecule has 0 radical (unpaired) electrons. The Balaban J connectivity index is 1.95.